The maximum Gasteiger partial charge on any atom is 0.509 e. The molecule has 0 spiro atoms. The van der Waals surface area contributed by atoms with Gasteiger partial charge in [0.05, 0.1) is 0 Å². The van der Waals surface area contributed by atoms with Gasteiger partial charge in [-0.1, -0.05) is 81.4 Å². The monoisotopic (exact) mass is 488 g/mol. The number of ether oxygens (including phenoxy) is 3. The minimum Gasteiger partial charge on any atom is -0.439 e. The molecule has 187 valence electrons. The number of hydrogen-bond acceptors (Lipinski definition) is 6. The number of esters is 1. The second kappa shape index (κ2) is 10.3. The lowest BCUT2D eigenvalue weighted by molar-refractivity contribution is -0.156. The van der Waals surface area contributed by atoms with Gasteiger partial charge in [-0.2, -0.15) is 0 Å². The number of benzene rings is 2. The maximum absolute atomic E-state index is 13.8. The van der Waals surface area contributed by atoms with Crippen LogP contribution in [-0.2, 0) is 30.4 Å². The Hall–Kier alpha value is -3.35. The summed E-state index contributed by atoms with van der Waals surface area (Å²) in [6.45, 7) is 6.89. The number of carbonyl (C=O) groups is 3. The lowest BCUT2D eigenvalue weighted by Crippen LogP contribution is -2.59. The normalized spacial score (nSPS) is 23.3. The number of nitrogens with zero attached hydrogens (tertiary/aromatic N) is 1. The van der Waals surface area contributed by atoms with Gasteiger partial charge in [0.15, 0.2) is 17.9 Å². The van der Waals surface area contributed by atoms with Crippen LogP contribution in [0, 0.1) is 37.0 Å². The number of rotatable bonds is 6. The molecule has 2 aromatic carbocycles. The molecule has 2 aromatic rings. The van der Waals surface area contributed by atoms with Gasteiger partial charge >= 0.3 is 12.1 Å². The molecule has 1 amide bonds. The Labute approximate surface area is 212 Å². The molecule has 5 radical (unpaired) electrons. The van der Waals surface area contributed by atoms with Crippen molar-refractivity contribution in [3.8, 4) is 0 Å². The van der Waals surface area contributed by atoms with Crippen molar-refractivity contribution in [2.45, 2.75) is 52.2 Å². The lowest BCUT2D eigenvalue weighted by atomic mass is 9.84. The average Bonchev–Trinajstić information content (AvgIpc) is 3.48. The number of hydrogen-bond donors (Lipinski definition) is 0. The quantitative estimate of drug-likeness (QED) is 0.532. The summed E-state index contributed by atoms with van der Waals surface area (Å²) in [7, 11) is 0. The second-order valence-corrected chi connectivity index (χ2v) is 9.98. The van der Waals surface area contributed by atoms with Crippen LogP contribution in [0.25, 0.3) is 0 Å². The fourth-order valence-electron chi connectivity index (χ4n) is 4.28. The van der Waals surface area contributed by atoms with Crippen LogP contribution in [0.1, 0.15) is 44.9 Å². The molecule has 3 atom stereocenters. The minimum atomic E-state index is -1.65. The summed E-state index contributed by atoms with van der Waals surface area (Å²) >= 11 is 0. The largest absolute Gasteiger partial charge is 0.509 e. The molecular formula is C29H30NO6. The standard InChI is InChI=1S/C29H30NO6/c1-28(2,3)25(31)30-24(22-17-11-12-18-22)36-26(32)29(30,4)23(21-15-9-6-10-16-21)35-27(33)34-19-20-13-7-5-8-14-20/h5-18,23-24H,19H2,1-4H3/t23-,24+,29-/m1/s1. The van der Waals surface area contributed by atoms with E-state index in [1.54, 1.807) is 64.8 Å². The van der Waals surface area contributed by atoms with Crippen LogP contribution in [0.3, 0.4) is 0 Å². The van der Waals surface area contributed by atoms with Crippen molar-refractivity contribution in [2.75, 3.05) is 0 Å². The van der Waals surface area contributed by atoms with E-state index in [1.165, 1.54) is 4.90 Å². The molecular weight excluding hydrogens is 458 g/mol. The predicted octanol–water partition coefficient (Wildman–Crippen LogP) is 5.00. The number of cyclic esters (lactones) is 1. The molecule has 7 nitrogen and oxygen atoms in total. The number of carbonyl (C=O) groups excluding carboxylic acids is 3. The van der Waals surface area contributed by atoms with E-state index in [0.29, 0.717) is 11.5 Å². The van der Waals surface area contributed by atoms with Gasteiger partial charge in [-0.05, 0) is 43.7 Å². The van der Waals surface area contributed by atoms with Crippen molar-refractivity contribution in [1.29, 1.82) is 0 Å². The third kappa shape index (κ3) is 5.11. The predicted molar refractivity (Wildman–Crippen MR) is 132 cm³/mol. The molecule has 1 aliphatic heterocycles. The van der Waals surface area contributed by atoms with Crippen molar-refractivity contribution in [2.24, 2.45) is 5.41 Å². The summed E-state index contributed by atoms with van der Waals surface area (Å²) in [5.74, 6) is -0.330. The molecule has 1 saturated carbocycles. The van der Waals surface area contributed by atoms with E-state index in [4.69, 9.17) is 14.2 Å². The first-order valence-corrected chi connectivity index (χ1v) is 11.8. The van der Waals surface area contributed by atoms with E-state index in [9.17, 15) is 14.4 Å². The van der Waals surface area contributed by atoms with E-state index in [2.05, 4.69) is 0 Å². The van der Waals surface area contributed by atoms with Crippen LogP contribution in [0.2, 0.25) is 0 Å². The topological polar surface area (TPSA) is 82.1 Å². The van der Waals surface area contributed by atoms with Crippen LogP contribution in [0.4, 0.5) is 4.79 Å². The first-order valence-electron chi connectivity index (χ1n) is 11.8. The van der Waals surface area contributed by atoms with Crippen molar-refractivity contribution < 1.29 is 28.6 Å². The van der Waals surface area contributed by atoms with Gasteiger partial charge in [-0.25, -0.2) is 9.59 Å². The summed E-state index contributed by atoms with van der Waals surface area (Å²) in [4.78, 5) is 41.7. The molecule has 0 bridgehead atoms. The SMILES string of the molecule is CC(C)(C)C(=O)N1[C@H]([C]2[CH][CH][CH][CH]2)OC(=O)[C@@]1(C)[C@H](OC(=O)OCc1ccccc1)c1ccccc1. The third-order valence-corrected chi connectivity index (χ3v) is 6.23. The van der Waals surface area contributed by atoms with E-state index in [0.717, 1.165) is 5.56 Å². The third-order valence-electron chi connectivity index (χ3n) is 6.23. The molecule has 0 N–H and O–H groups in total. The molecule has 1 saturated heterocycles. The van der Waals surface area contributed by atoms with Crippen molar-refractivity contribution in [1.82, 2.24) is 4.90 Å². The molecule has 36 heavy (non-hydrogen) atoms. The zero-order valence-electron chi connectivity index (χ0n) is 20.8. The highest BCUT2D eigenvalue weighted by Crippen LogP contribution is 2.47. The summed E-state index contributed by atoms with van der Waals surface area (Å²) in [6, 6.07) is 18.0. The second-order valence-electron chi connectivity index (χ2n) is 9.98. The van der Waals surface area contributed by atoms with Crippen LogP contribution in [0.5, 0.6) is 0 Å². The average molecular weight is 489 g/mol. The molecule has 0 aromatic heterocycles. The smallest absolute Gasteiger partial charge is 0.439 e. The molecule has 0 unspecified atom stereocenters. The fraction of sp³-hybridized carbons (Fsp3) is 0.310. The highest BCUT2D eigenvalue weighted by molar-refractivity contribution is 5.94. The Balaban J connectivity index is 1.70. The Kier molecular flexibility index (Phi) is 7.38. The van der Waals surface area contributed by atoms with E-state index < -0.39 is 35.4 Å². The van der Waals surface area contributed by atoms with Crippen LogP contribution in [-0.4, -0.2) is 34.7 Å². The summed E-state index contributed by atoms with van der Waals surface area (Å²) in [5.41, 5.74) is -1.17. The molecule has 2 fully saturated rings. The number of amides is 1. The summed E-state index contributed by atoms with van der Waals surface area (Å²) in [5, 5.41) is 0. The highest BCUT2D eigenvalue weighted by Gasteiger charge is 2.63. The van der Waals surface area contributed by atoms with Crippen molar-refractivity contribution >= 4 is 18.0 Å². The first kappa shape index (κ1) is 25.7. The van der Waals surface area contributed by atoms with Gasteiger partial charge in [0.25, 0.3) is 0 Å². The van der Waals surface area contributed by atoms with E-state index in [-0.39, 0.29) is 12.5 Å². The molecule has 1 aliphatic carbocycles. The Morgan fingerprint density at radius 1 is 1.00 bits per heavy atom. The van der Waals surface area contributed by atoms with Crippen molar-refractivity contribution in [3.05, 3.63) is 103 Å². The van der Waals surface area contributed by atoms with Crippen molar-refractivity contribution in [3.63, 3.8) is 0 Å². The van der Waals surface area contributed by atoms with Gasteiger partial charge in [-0.15, -0.1) is 0 Å². The zero-order chi connectivity index (χ0) is 25.9. The van der Waals surface area contributed by atoms with Gasteiger partial charge in [0.2, 0.25) is 5.91 Å². The van der Waals surface area contributed by atoms with Gasteiger partial charge in [0.1, 0.15) is 6.61 Å². The highest BCUT2D eigenvalue weighted by atomic mass is 16.7. The Morgan fingerprint density at radius 3 is 2.17 bits per heavy atom. The summed E-state index contributed by atoms with van der Waals surface area (Å²) < 4.78 is 17.0. The fourth-order valence-corrected chi connectivity index (χ4v) is 4.28. The van der Waals surface area contributed by atoms with Gasteiger partial charge in [0, 0.05) is 11.3 Å². The van der Waals surface area contributed by atoms with Crippen LogP contribution >= 0.6 is 0 Å². The molecule has 2 aliphatic rings. The Bertz CT molecular complexity index is 1070. The van der Waals surface area contributed by atoms with E-state index >= 15 is 0 Å². The van der Waals surface area contributed by atoms with Gasteiger partial charge in [-0.3, -0.25) is 9.69 Å². The first-order chi connectivity index (χ1) is 17.1. The molecule has 4 rings (SSSR count). The van der Waals surface area contributed by atoms with Crippen LogP contribution < -0.4 is 0 Å². The van der Waals surface area contributed by atoms with Crippen LogP contribution in [0.15, 0.2) is 60.7 Å². The Morgan fingerprint density at radius 2 is 1.58 bits per heavy atom. The molecule has 7 heteroatoms. The van der Waals surface area contributed by atoms with Gasteiger partial charge < -0.3 is 14.2 Å². The lowest BCUT2D eigenvalue weighted by Gasteiger charge is -2.42. The van der Waals surface area contributed by atoms with E-state index in [1.807, 2.05) is 49.2 Å². The summed E-state index contributed by atoms with van der Waals surface area (Å²) in [6.07, 6.45) is 4.11. The zero-order valence-corrected chi connectivity index (χ0v) is 20.8. The maximum atomic E-state index is 13.8. The minimum absolute atomic E-state index is 0.00310. The molecule has 1 heterocycles.